The summed E-state index contributed by atoms with van der Waals surface area (Å²) >= 11 is 6.06. The van der Waals surface area contributed by atoms with E-state index in [1.165, 1.54) is 24.9 Å². The maximum Gasteiger partial charge on any atom is 0.0638 e. The van der Waals surface area contributed by atoms with Gasteiger partial charge in [0.2, 0.25) is 0 Å². The van der Waals surface area contributed by atoms with E-state index in [0.717, 1.165) is 13.1 Å². The fourth-order valence-electron chi connectivity index (χ4n) is 2.52. The van der Waals surface area contributed by atoms with Crippen molar-refractivity contribution in [2.45, 2.75) is 25.4 Å². The van der Waals surface area contributed by atoms with Gasteiger partial charge in [0.15, 0.2) is 0 Å². The smallest absolute Gasteiger partial charge is 0.0638 e. The van der Waals surface area contributed by atoms with Crippen molar-refractivity contribution >= 4 is 17.3 Å². The van der Waals surface area contributed by atoms with Gasteiger partial charge in [0.25, 0.3) is 0 Å². The first kappa shape index (κ1) is 13.7. The molecule has 0 saturated carbocycles. The van der Waals surface area contributed by atoms with Crippen LogP contribution in [-0.2, 0) is 6.54 Å². The zero-order valence-electron chi connectivity index (χ0n) is 11.2. The van der Waals surface area contributed by atoms with Crippen LogP contribution in [0, 0.1) is 0 Å². The molecule has 3 nitrogen and oxygen atoms in total. The van der Waals surface area contributed by atoms with Crippen molar-refractivity contribution in [1.82, 2.24) is 9.80 Å². The van der Waals surface area contributed by atoms with E-state index in [9.17, 15) is 0 Å². The number of hydrogen-bond donors (Lipinski definition) is 1. The van der Waals surface area contributed by atoms with E-state index in [-0.39, 0.29) is 0 Å². The molecule has 18 heavy (non-hydrogen) atoms. The van der Waals surface area contributed by atoms with E-state index in [4.69, 9.17) is 17.3 Å². The van der Waals surface area contributed by atoms with Gasteiger partial charge in [0.1, 0.15) is 0 Å². The minimum absolute atomic E-state index is 0.658. The van der Waals surface area contributed by atoms with Crippen LogP contribution in [0.5, 0.6) is 0 Å². The third kappa shape index (κ3) is 3.37. The van der Waals surface area contributed by atoms with Crippen molar-refractivity contribution < 1.29 is 0 Å². The van der Waals surface area contributed by atoms with Crippen molar-refractivity contribution in [3.05, 3.63) is 28.8 Å². The Labute approximate surface area is 115 Å². The Bertz CT molecular complexity index is 406. The predicted octanol–water partition coefficient (Wildman–Crippen LogP) is 2.45. The van der Waals surface area contributed by atoms with Crippen molar-refractivity contribution in [3.63, 3.8) is 0 Å². The highest BCUT2D eigenvalue weighted by Crippen LogP contribution is 2.22. The number of nitrogen functional groups attached to an aromatic ring is 1. The van der Waals surface area contributed by atoms with Crippen LogP contribution >= 0.6 is 11.6 Å². The lowest BCUT2D eigenvalue weighted by molar-refractivity contribution is 0.128. The Balaban J connectivity index is 1.98. The molecule has 1 unspecified atom stereocenters. The summed E-state index contributed by atoms with van der Waals surface area (Å²) in [7, 11) is 4.32. The summed E-state index contributed by atoms with van der Waals surface area (Å²) in [5.41, 5.74) is 7.63. The highest BCUT2D eigenvalue weighted by Gasteiger charge is 2.21. The van der Waals surface area contributed by atoms with Crippen molar-refractivity contribution in [3.8, 4) is 0 Å². The van der Waals surface area contributed by atoms with Gasteiger partial charge < -0.3 is 10.6 Å². The van der Waals surface area contributed by atoms with Gasteiger partial charge in [-0.3, -0.25) is 4.90 Å². The Morgan fingerprint density at radius 2 is 2.22 bits per heavy atom. The number of benzene rings is 1. The zero-order valence-corrected chi connectivity index (χ0v) is 12.0. The number of anilines is 1. The SMILES string of the molecule is CN(C)C1CCCN(Cc2ccc(N)c(Cl)c2)C1. The van der Waals surface area contributed by atoms with E-state index < -0.39 is 0 Å². The van der Waals surface area contributed by atoms with Gasteiger partial charge in [-0.05, 0) is 51.2 Å². The second-order valence-electron chi connectivity index (χ2n) is 5.35. The van der Waals surface area contributed by atoms with Gasteiger partial charge in [-0.2, -0.15) is 0 Å². The lowest BCUT2D eigenvalue weighted by Crippen LogP contribution is -2.44. The summed E-state index contributed by atoms with van der Waals surface area (Å²) in [6.45, 7) is 3.27. The van der Waals surface area contributed by atoms with E-state index >= 15 is 0 Å². The molecule has 2 rings (SSSR count). The van der Waals surface area contributed by atoms with Crippen LogP contribution in [0.4, 0.5) is 5.69 Å². The lowest BCUT2D eigenvalue weighted by Gasteiger charge is -2.36. The molecule has 1 saturated heterocycles. The average molecular weight is 268 g/mol. The standard InChI is InChI=1S/C14H22ClN3/c1-17(2)12-4-3-7-18(10-12)9-11-5-6-14(16)13(15)8-11/h5-6,8,12H,3-4,7,9-10,16H2,1-2H3. The minimum atomic E-state index is 0.658. The van der Waals surface area contributed by atoms with Crippen LogP contribution < -0.4 is 5.73 Å². The zero-order chi connectivity index (χ0) is 13.1. The molecule has 1 aliphatic rings. The minimum Gasteiger partial charge on any atom is -0.398 e. The largest absolute Gasteiger partial charge is 0.398 e. The average Bonchev–Trinajstić information content (AvgIpc) is 2.34. The van der Waals surface area contributed by atoms with Gasteiger partial charge in [-0.25, -0.2) is 0 Å². The van der Waals surface area contributed by atoms with Crippen LogP contribution in [0.2, 0.25) is 5.02 Å². The second kappa shape index (κ2) is 5.91. The molecule has 1 aromatic rings. The van der Waals surface area contributed by atoms with E-state index in [2.05, 4.69) is 30.0 Å². The van der Waals surface area contributed by atoms with Gasteiger partial charge in [0.05, 0.1) is 10.7 Å². The summed E-state index contributed by atoms with van der Waals surface area (Å²) in [6, 6.07) is 6.62. The molecule has 0 aromatic heterocycles. The molecule has 0 radical (unpaired) electrons. The van der Waals surface area contributed by atoms with Crippen molar-refractivity contribution in [1.29, 1.82) is 0 Å². The highest BCUT2D eigenvalue weighted by molar-refractivity contribution is 6.33. The van der Waals surface area contributed by atoms with Crippen LogP contribution in [0.15, 0.2) is 18.2 Å². The fourth-order valence-corrected chi connectivity index (χ4v) is 2.73. The number of likely N-dealkylation sites (N-methyl/N-ethyl adjacent to an activating group) is 1. The van der Waals surface area contributed by atoms with Crippen LogP contribution in [0.3, 0.4) is 0 Å². The maximum absolute atomic E-state index is 6.06. The molecule has 0 amide bonds. The first-order valence-electron chi connectivity index (χ1n) is 6.49. The van der Waals surface area contributed by atoms with Crippen LogP contribution in [0.1, 0.15) is 18.4 Å². The van der Waals surface area contributed by atoms with Crippen LogP contribution in [0.25, 0.3) is 0 Å². The predicted molar refractivity (Wildman–Crippen MR) is 77.9 cm³/mol. The van der Waals surface area contributed by atoms with Crippen molar-refractivity contribution in [2.75, 3.05) is 32.9 Å². The maximum atomic E-state index is 6.06. The normalized spacial score (nSPS) is 21.4. The van der Waals surface area contributed by atoms with Gasteiger partial charge in [-0.15, -0.1) is 0 Å². The number of likely N-dealkylation sites (tertiary alicyclic amines) is 1. The molecule has 0 spiro atoms. The Hall–Kier alpha value is -0.770. The topological polar surface area (TPSA) is 32.5 Å². The van der Waals surface area contributed by atoms with Crippen molar-refractivity contribution in [2.24, 2.45) is 0 Å². The molecule has 2 N–H and O–H groups in total. The third-order valence-corrected chi connectivity index (χ3v) is 4.01. The molecule has 1 atom stereocenters. The number of hydrogen-bond acceptors (Lipinski definition) is 3. The Morgan fingerprint density at radius 1 is 1.44 bits per heavy atom. The fraction of sp³-hybridized carbons (Fsp3) is 0.571. The monoisotopic (exact) mass is 267 g/mol. The van der Waals surface area contributed by atoms with Gasteiger partial charge >= 0.3 is 0 Å². The Morgan fingerprint density at radius 3 is 2.89 bits per heavy atom. The summed E-state index contributed by atoms with van der Waals surface area (Å²) in [4.78, 5) is 4.82. The van der Waals surface area contributed by atoms with Gasteiger partial charge in [-0.1, -0.05) is 17.7 Å². The van der Waals surface area contributed by atoms with Gasteiger partial charge in [0, 0.05) is 19.1 Å². The molecule has 4 heteroatoms. The number of rotatable bonds is 3. The number of halogens is 1. The van der Waals surface area contributed by atoms with E-state index in [0.29, 0.717) is 16.8 Å². The third-order valence-electron chi connectivity index (χ3n) is 3.68. The first-order valence-corrected chi connectivity index (χ1v) is 6.87. The Kier molecular flexibility index (Phi) is 4.49. The van der Waals surface area contributed by atoms with E-state index in [1.54, 1.807) is 0 Å². The quantitative estimate of drug-likeness (QED) is 0.854. The highest BCUT2D eigenvalue weighted by atomic mass is 35.5. The summed E-state index contributed by atoms with van der Waals surface area (Å²) in [5, 5.41) is 0.661. The number of piperidine rings is 1. The van der Waals surface area contributed by atoms with Crippen LogP contribution in [-0.4, -0.2) is 43.0 Å². The molecule has 0 aliphatic carbocycles. The lowest BCUT2D eigenvalue weighted by atomic mass is 10.0. The molecule has 0 bridgehead atoms. The number of nitrogens with zero attached hydrogens (tertiary/aromatic N) is 2. The van der Waals surface area contributed by atoms with E-state index in [1.807, 2.05) is 12.1 Å². The second-order valence-corrected chi connectivity index (χ2v) is 5.76. The molecule has 100 valence electrons. The molecule has 1 aliphatic heterocycles. The molecule has 1 aromatic carbocycles. The molecule has 1 heterocycles. The molecule has 1 fully saturated rings. The molecular weight excluding hydrogens is 246 g/mol. The summed E-state index contributed by atoms with van der Waals surface area (Å²) in [5.74, 6) is 0. The molecular formula is C14H22ClN3. The summed E-state index contributed by atoms with van der Waals surface area (Å²) < 4.78 is 0. The number of nitrogens with two attached hydrogens (primary N) is 1. The first-order chi connectivity index (χ1) is 8.56. The summed E-state index contributed by atoms with van der Waals surface area (Å²) in [6.07, 6.45) is 2.57.